The van der Waals surface area contributed by atoms with Crippen LogP contribution in [-0.2, 0) is 27.6 Å². The molecule has 1 aromatic heterocycles. The Labute approximate surface area is 148 Å². The number of carbonyl (C=O) groups is 1. The largest absolute Gasteiger partial charge is 0.341 e. The quantitative estimate of drug-likeness (QED) is 0.858. The summed E-state index contributed by atoms with van der Waals surface area (Å²) in [5, 5.41) is 4.70. The second kappa shape index (κ2) is 7.19. The lowest BCUT2D eigenvalue weighted by atomic mass is 10.1. The molecular formula is C16H16F2N2O3S2. The maximum Gasteiger partial charge on any atom is 0.341 e. The first-order valence-electron chi connectivity index (χ1n) is 7.56. The average molecular weight is 386 g/mol. The van der Waals surface area contributed by atoms with Gasteiger partial charge in [-0.05, 0) is 47.7 Å². The van der Waals surface area contributed by atoms with Crippen LogP contribution in [0.15, 0.2) is 40.6 Å². The molecule has 1 aliphatic rings. The predicted octanol–water partition coefficient (Wildman–Crippen LogP) is 2.74. The van der Waals surface area contributed by atoms with Crippen molar-refractivity contribution in [1.29, 1.82) is 0 Å². The SMILES string of the molecule is O=C(CN1CCc2sccc2C1)Nc1ccc(S(=O)(=O)C(F)F)cc1. The second-order valence-electron chi connectivity index (χ2n) is 5.71. The molecule has 1 aliphatic heterocycles. The van der Waals surface area contributed by atoms with Gasteiger partial charge in [0.05, 0.1) is 11.4 Å². The summed E-state index contributed by atoms with van der Waals surface area (Å²) in [7, 11) is -4.62. The van der Waals surface area contributed by atoms with E-state index in [1.165, 1.54) is 22.6 Å². The lowest BCUT2D eigenvalue weighted by molar-refractivity contribution is -0.117. The molecule has 0 fully saturated rings. The fourth-order valence-electron chi connectivity index (χ4n) is 2.68. The number of amides is 1. The summed E-state index contributed by atoms with van der Waals surface area (Å²) in [5.74, 6) is -3.70. The number of fused-ring (bicyclic) bond motifs is 1. The molecule has 0 radical (unpaired) electrons. The monoisotopic (exact) mass is 386 g/mol. The second-order valence-corrected chi connectivity index (χ2v) is 8.63. The topological polar surface area (TPSA) is 66.5 Å². The lowest BCUT2D eigenvalue weighted by Gasteiger charge is -2.26. The van der Waals surface area contributed by atoms with Crippen LogP contribution in [0.25, 0.3) is 0 Å². The van der Waals surface area contributed by atoms with Crippen LogP contribution in [0.1, 0.15) is 10.4 Å². The number of thiophene rings is 1. The van der Waals surface area contributed by atoms with E-state index in [1.807, 2.05) is 10.3 Å². The molecule has 0 atom stereocenters. The highest BCUT2D eigenvalue weighted by molar-refractivity contribution is 7.91. The van der Waals surface area contributed by atoms with Crippen molar-refractivity contribution < 1.29 is 22.0 Å². The minimum atomic E-state index is -4.62. The van der Waals surface area contributed by atoms with Crippen LogP contribution in [0.4, 0.5) is 14.5 Å². The van der Waals surface area contributed by atoms with Crippen LogP contribution < -0.4 is 5.32 Å². The van der Waals surface area contributed by atoms with Gasteiger partial charge in [0, 0.05) is 23.7 Å². The predicted molar refractivity (Wildman–Crippen MR) is 91.6 cm³/mol. The molecule has 5 nitrogen and oxygen atoms in total. The van der Waals surface area contributed by atoms with Crippen LogP contribution in [0.2, 0.25) is 0 Å². The highest BCUT2D eigenvalue weighted by atomic mass is 32.2. The number of nitrogens with zero attached hydrogens (tertiary/aromatic N) is 1. The smallest absolute Gasteiger partial charge is 0.325 e. The van der Waals surface area contributed by atoms with Crippen LogP contribution >= 0.6 is 11.3 Å². The average Bonchev–Trinajstić information content (AvgIpc) is 3.02. The van der Waals surface area contributed by atoms with Crippen molar-refractivity contribution in [3.05, 3.63) is 46.2 Å². The fraction of sp³-hybridized carbons (Fsp3) is 0.312. The molecule has 0 bridgehead atoms. The van der Waals surface area contributed by atoms with Gasteiger partial charge >= 0.3 is 5.76 Å². The first kappa shape index (κ1) is 18.0. The molecule has 1 aromatic carbocycles. The Morgan fingerprint density at radius 1 is 1.24 bits per heavy atom. The molecule has 0 saturated heterocycles. The molecule has 25 heavy (non-hydrogen) atoms. The van der Waals surface area contributed by atoms with E-state index in [9.17, 15) is 22.0 Å². The van der Waals surface area contributed by atoms with Gasteiger partial charge in [0.2, 0.25) is 15.7 Å². The molecule has 9 heteroatoms. The number of sulfone groups is 1. The van der Waals surface area contributed by atoms with E-state index >= 15 is 0 Å². The van der Waals surface area contributed by atoms with E-state index in [-0.39, 0.29) is 12.5 Å². The first-order chi connectivity index (χ1) is 11.9. The Kier molecular flexibility index (Phi) is 5.16. The number of hydrogen-bond acceptors (Lipinski definition) is 5. The molecule has 2 heterocycles. The Bertz CT molecular complexity index is 864. The highest BCUT2D eigenvalue weighted by Crippen LogP contribution is 2.24. The molecular weight excluding hydrogens is 370 g/mol. The van der Waals surface area contributed by atoms with Gasteiger partial charge in [-0.1, -0.05) is 0 Å². The summed E-state index contributed by atoms with van der Waals surface area (Å²) in [5.41, 5.74) is 1.61. The Balaban J connectivity index is 1.58. The van der Waals surface area contributed by atoms with Gasteiger partial charge in [0.15, 0.2) is 0 Å². The number of hydrogen-bond donors (Lipinski definition) is 1. The van der Waals surface area contributed by atoms with E-state index < -0.39 is 20.5 Å². The van der Waals surface area contributed by atoms with Crippen LogP contribution in [0.5, 0.6) is 0 Å². The number of benzene rings is 1. The van der Waals surface area contributed by atoms with Crippen molar-refractivity contribution >= 4 is 32.8 Å². The molecule has 134 valence electrons. The Morgan fingerprint density at radius 3 is 2.64 bits per heavy atom. The summed E-state index contributed by atoms with van der Waals surface area (Å²) in [6, 6.07) is 6.80. The summed E-state index contributed by atoms with van der Waals surface area (Å²) < 4.78 is 47.7. The van der Waals surface area contributed by atoms with E-state index in [0.29, 0.717) is 5.69 Å². The third kappa shape index (κ3) is 4.05. The van der Waals surface area contributed by atoms with Crippen molar-refractivity contribution in [2.45, 2.75) is 23.6 Å². The number of nitrogens with one attached hydrogen (secondary N) is 1. The summed E-state index contributed by atoms with van der Waals surface area (Å²) >= 11 is 1.72. The van der Waals surface area contributed by atoms with Gasteiger partial charge in [-0.3, -0.25) is 9.69 Å². The van der Waals surface area contributed by atoms with Crippen LogP contribution in [0.3, 0.4) is 0 Å². The van der Waals surface area contributed by atoms with E-state index in [4.69, 9.17) is 0 Å². The van der Waals surface area contributed by atoms with Gasteiger partial charge in [0.25, 0.3) is 0 Å². The first-order valence-corrected chi connectivity index (χ1v) is 9.98. The Morgan fingerprint density at radius 2 is 1.96 bits per heavy atom. The zero-order valence-electron chi connectivity index (χ0n) is 13.1. The van der Waals surface area contributed by atoms with Crippen molar-refractivity contribution in [2.75, 3.05) is 18.4 Å². The molecule has 0 saturated carbocycles. The van der Waals surface area contributed by atoms with E-state index in [1.54, 1.807) is 11.3 Å². The standard InChI is InChI=1S/C16H16F2N2O3S2/c17-16(18)25(22,23)13-3-1-12(2-4-13)19-15(21)10-20-7-5-14-11(9-20)6-8-24-14/h1-4,6,8,16H,5,7,9-10H2,(H,19,21). The third-order valence-electron chi connectivity index (χ3n) is 3.96. The summed E-state index contributed by atoms with van der Waals surface area (Å²) in [6.45, 7) is 1.73. The van der Waals surface area contributed by atoms with Crippen molar-refractivity contribution in [3.8, 4) is 0 Å². The van der Waals surface area contributed by atoms with Gasteiger partial charge in [0.1, 0.15) is 0 Å². The van der Waals surface area contributed by atoms with Crippen LogP contribution in [0, 0.1) is 0 Å². The molecule has 3 rings (SSSR count). The summed E-state index contributed by atoms with van der Waals surface area (Å²) in [6.07, 6.45) is 0.917. The zero-order chi connectivity index (χ0) is 18.0. The summed E-state index contributed by atoms with van der Waals surface area (Å²) in [4.78, 5) is 15.0. The maximum atomic E-state index is 12.5. The molecule has 1 N–H and O–H groups in total. The van der Waals surface area contributed by atoms with Gasteiger partial charge < -0.3 is 5.32 Å². The fourth-order valence-corrected chi connectivity index (χ4v) is 4.29. The van der Waals surface area contributed by atoms with Crippen molar-refractivity contribution in [3.63, 3.8) is 0 Å². The molecule has 0 spiro atoms. The van der Waals surface area contributed by atoms with Gasteiger partial charge in [-0.15, -0.1) is 11.3 Å². The normalized spacial score (nSPS) is 15.2. The molecule has 0 unspecified atom stereocenters. The maximum absolute atomic E-state index is 12.5. The van der Waals surface area contributed by atoms with Gasteiger partial charge in [-0.25, -0.2) is 8.42 Å². The van der Waals surface area contributed by atoms with Crippen LogP contribution in [-0.4, -0.2) is 38.1 Å². The molecule has 2 aromatic rings. The van der Waals surface area contributed by atoms with Gasteiger partial charge in [-0.2, -0.15) is 8.78 Å². The third-order valence-corrected chi connectivity index (χ3v) is 6.38. The zero-order valence-corrected chi connectivity index (χ0v) is 14.7. The molecule has 0 aliphatic carbocycles. The minimum absolute atomic E-state index is 0.215. The number of alkyl halides is 2. The van der Waals surface area contributed by atoms with Crippen molar-refractivity contribution in [1.82, 2.24) is 4.90 Å². The minimum Gasteiger partial charge on any atom is -0.325 e. The van der Waals surface area contributed by atoms with E-state index in [2.05, 4.69) is 11.4 Å². The number of rotatable bonds is 5. The Hall–Kier alpha value is -1.84. The highest BCUT2D eigenvalue weighted by Gasteiger charge is 2.26. The lowest BCUT2D eigenvalue weighted by Crippen LogP contribution is -2.36. The number of halogens is 2. The number of anilines is 1. The van der Waals surface area contributed by atoms with Crippen molar-refractivity contribution in [2.24, 2.45) is 0 Å². The number of carbonyl (C=O) groups excluding carboxylic acids is 1. The van der Waals surface area contributed by atoms with E-state index in [0.717, 1.165) is 31.6 Å². The molecule has 1 amide bonds.